The number of hydrogen-bond acceptors (Lipinski definition) is 5. The minimum absolute atomic E-state index is 0.225. The van der Waals surface area contributed by atoms with Gasteiger partial charge in [-0.25, -0.2) is 8.42 Å². The molecule has 0 aliphatic carbocycles. The van der Waals surface area contributed by atoms with Gasteiger partial charge in [-0.1, -0.05) is 18.2 Å². The summed E-state index contributed by atoms with van der Waals surface area (Å²) in [6, 6.07) is 20.9. The lowest BCUT2D eigenvalue weighted by Gasteiger charge is -2.19. The van der Waals surface area contributed by atoms with Crippen molar-refractivity contribution in [2.75, 3.05) is 23.3 Å². The quantitative estimate of drug-likeness (QED) is 0.697. The third-order valence-electron chi connectivity index (χ3n) is 4.02. The predicted molar refractivity (Wildman–Crippen MR) is 104 cm³/mol. The Morgan fingerprint density at radius 3 is 2.07 bits per heavy atom. The molecule has 0 fully saturated rings. The van der Waals surface area contributed by atoms with E-state index in [4.69, 9.17) is 9.47 Å². The van der Waals surface area contributed by atoms with E-state index >= 15 is 0 Å². The van der Waals surface area contributed by atoms with Gasteiger partial charge in [0.05, 0.1) is 4.90 Å². The Morgan fingerprint density at radius 1 is 0.704 bits per heavy atom. The molecule has 3 aromatic rings. The summed E-state index contributed by atoms with van der Waals surface area (Å²) in [5.74, 6) is 1.44. The van der Waals surface area contributed by atoms with E-state index in [1.54, 1.807) is 54.6 Å². The number of nitrogens with one attached hydrogen (secondary N) is 2. The number of hydrogen-bond donors (Lipinski definition) is 2. The van der Waals surface area contributed by atoms with E-state index in [2.05, 4.69) is 10.0 Å². The first kappa shape index (κ1) is 17.2. The molecule has 0 unspecified atom stereocenters. The van der Waals surface area contributed by atoms with Crippen molar-refractivity contribution in [3.63, 3.8) is 0 Å². The van der Waals surface area contributed by atoms with E-state index in [1.165, 1.54) is 0 Å². The number of rotatable bonds is 5. The van der Waals surface area contributed by atoms with Crippen LogP contribution in [0.25, 0.3) is 0 Å². The van der Waals surface area contributed by atoms with E-state index in [0.717, 1.165) is 17.1 Å². The van der Waals surface area contributed by atoms with E-state index in [1.807, 2.05) is 18.2 Å². The first-order chi connectivity index (χ1) is 13.1. The molecule has 3 aromatic carbocycles. The largest absolute Gasteiger partial charge is 0.486 e. The predicted octanol–water partition coefficient (Wildman–Crippen LogP) is 4.00. The molecule has 4 rings (SSSR count). The second-order valence-electron chi connectivity index (χ2n) is 5.98. The van der Waals surface area contributed by atoms with Gasteiger partial charge in [0.15, 0.2) is 11.5 Å². The van der Waals surface area contributed by atoms with Gasteiger partial charge in [-0.15, -0.1) is 0 Å². The normalized spacial score (nSPS) is 13.0. The minimum Gasteiger partial charge on any atom is -0.486 e. The summed E-state index contributed by atoms with van der Waals surface area (Å²) in [6.07, 6.45) is 0. The lowest BCUT2D eigenvalue weighted by molar-refractivity contribution is 0.171. The van der Waals surface area contributed by atoms with E-state index in [9.17, 15) is 8.42 Å². The van der Waals surface area contributed by atoms with Crippen molar-refractivity contribution >= 4 is 27.1 Å². The topological polar surface area (TPSA) is 76.7 Å². The molecule has 0 radical (unpaired) electrons. The van der Waals surface area contributed by atoms with Crippen LogP contribution < -0.4 is 19.5 Å². The Balaban J connectivity index is 1.46. The summed E-state index contributed by atoms with van der Waals surface area (Å²) >= 11 is 0. The fourth-order valence-corrected chi connectivity index (χ4v) is 3.80. The van der Waals surface area contributed by atoms with Crippen LogP contribution in [0.1, 0.15) is 0 Å². The molecule has 0 atom stereocenters. The lowest BCUT2D eigenvalue weighted by atomic mass is 10.2. The molecular weight excluding hydrogens is 364 g/mol. The number of fused-ring (bicyclic) bond motifs is 1. The first-order valence-corrected chi connectivity index (χ1v) is 9.93. The van der Waals surface area contributed by atoms with Gasteiger partial charge in [-0.3, -0.25) is 4.72 Å². The molecule has 0 saturated carbocycles. The third kappa shape index (κ3) is 3.98. The van der Waals surface area contributed by atoms with Gasteiger partial charge in [0.25, 0.3) is 10.0 Å². The lowest BCUT2D eigenvalue weighted by Crippen LogP contribution is -2.15. The number of sulfonamides is 1. The highest BCUT2D eigenvalue weighted by Crippen LogP contribution is 2.33. The SMILES string of the molecule is O=S(=O)(Nc1ccc(Nc2ccc3c(c2)OCCO3)cc1)c1ccccc1. The van der Waals surface area contributed by atoms with Gasteiger partial charge >= 0.3 is 0 Å². The Labute approximate surface area is 157 Å². The molecule has 0 amide bonds. The van der Waals surface area contributed by atoms with Crippen LogP contribution in [0, 0.1) is 0 Å². The summed E-state index contributed by atoms with van der Waals surface area (Å²) < 4.78 is 38.4. The van der Waals surface area contributed by atoms with E-state index in [-0.39, 0.29) is 4.90 Å². The summed E-state index contributed by atoms with van der Waals surface area (Å²) in [5.41, 5.74) is 2.18. The highest BCUT2D eigenvalue weighted by atomic mass is 32.2. The molecule has 0 spiro atoms. The van der Waals surface area contributed by atoms with Gasteiger partial charge in [-0.2, -0.15) is 0 Å². The summed E-state index contributed by atoms with van der Waals surface area (Å²) in [7, 11) is -3.60. The Morgan fingerprint density at radius 2 is 1.33 bits per heavy atom. The van der Waals surface area contributed by atoms with Crippen molar-refractivity contribution in [2.24, 2.45) is 0 Å². The fraction of sp³-hybridized carbons (Fsp3) is 0.100. The van der Waals surface area contributed by atoms with Crippen LogP contribution in [0.2, 0.25) is 0 Å². The fourth-order valence-electron chi connectivity index (χ4n) is 2.72. The van der Waals surface area contributed by atoms with E-state index in [0.29, 0.717) is 24.7 Å². The smallest absolute Gasteiger partial charge is 0.261 e. The van der Waals surface area contributed by atoms with Crippen LogP contribution >= 0.6 is 0 Å². The zero-order valence-electron chi connectivity index (χ0n) is 14.4. The van der Waals surface area contributed by atoms with Crippen molar-refractivity contribution in [3.05, 3.63) is 72.8 Å². The number of ether oxygens (including phenoxy) is 2. The molecule has 27 heavy (non-hydrogen) atoms. The van der Waals surface area contributed by atoms with Crippen LogP contribution in [0.15, 0.2) is 77.7 Å². The summed E-state index contributed by atoms with van der Waals surface area (Å²) in [4.78, 5) is 0.225. The van der Waals surface area contributed by atoms with Gasteiger partial charge in [0.2, 0.25) is 0 Å². The van der Waals surface area contributed by atoms with Gasteiger partial charge < -0.3 is 14.8 Å². The van der Waals surface area contributed by atoms with Gasteiger partial charge in [0, 0.05) is 23.1 Å². The molecule has 1 aliphatic rings. The van der Waals surface area contributed by atoms with Crippen LogP contribution in [-0.4, -0.2) is 21.6 Å². The monoisotopic (exact) mass is 382 g/mol. The number of anilines is 3. The first-order valence-electron chi connectivity index (χ1n) is 8.45. The standard InChI is InChI=1S/C20H18N2O4S/c23-27(24,18-4-2-1-3-5-18)22-16-8-6-15(7-9-16)21-17-10-11-19-20(14-17)26-13-12-25-19/h1-11,14,21-22H,12-13H2. The molecule has 138 valence electrons. The average molecular weight is 382 g/mol. The number of benzene rings is 3. The van der Waals surface area contributed by atoms with Gasteiger partial charge in [0.1, 0.15) is 13.2 Å². The van der Waals surface area contributed by atoms with Crippen molar-refractivity contribution in [1.29, 1.82) is 0 Å². The Hall–Kier alpha value is -3.19. The van der Waals surface area contributed by atoms with Crippen molar-refractivity contribution in [2.45, 2.75) is 4.90 Å². The molecule has 0 saturated heterocycles. The molecule has 0 bridgehead atoms. The second kappa shape index (κ2) is 7.20. The maximum atomic E-state index is 12.4. The van der Waals surface area contributed by atoms with E-state index < -0.39 is 10.0 Å². The Kier molecular flexibility index (Phi) is 4.60. The second-order valence-corrected chi connectivity index (χ2v) is 7.66. The van der Waals surface area contributed by atoms with Crippen molar-refractivity contribution < 1.29 is 17.9 Å². The zero-order valence-corrected chi connectivity index (χ0v) is 15.2. The molecular formula is C20H18N2O4S. The van der Waals surface area contributed by atoms with Crippen LogP contribution in [0.5, 0.6) is 11.5 Å². The molecule has 7 heteroatoms. The maximum Gasteiger partial charge on any atom is 0.261 e. The molecule has 1 aliphatic heterocycles. The molecule has 1 heterocycles. The maximum absolute atomic E-state index is 12.4. The van der Waals surface area contributed by atoms with Crippen LogP contribution in [0.4, 0.5) is 17.1 Å². The molecule has 0 aromatic heterocycles. The average Bonchev–Trinajstić information content (AvgIpc) is 2.70. The van der Waals surface area contributed by atoms with Crippen LogP contribution in [-0.2, 0) is 10.0 Å². The molecule has 2 N–H and O–H groups in total. The van der Waals surface area contributed by atoms with Gasteiger partial charge in [-0.05, 0) is 48.5 Å². The highest BCUT2D eigenvalue weighted by Gasteiger charge is 2.14. The van der Waals surface area contributed by atoms with Crippen molar-refractivity contribution in [1.82, 2.24) is 0 Å². The summed E-state index contributed by atoms with van der Waals surface area (Å²) in [5, 5.41) is 3.26. The summed E-state index contributed by atoms with van der Waals surface area (Å²) in [6.45, 7) is 1.09. The van der Waals surface area contributed by atoms with Crippen molar-refractivity contribution in [3.8, 4) is 11.5 Å². The zero-order chi connectivity index (χ0) is 18.7. The van der Waals surface area contributed by atoms with Crippen LogP contribution in [0.3, 0.4) is 0 Å². The molecule has 6 nitrogen and oxygen atoms in total. The third-order valence-corrected chi connectivity index (χ3v) is 5.42. The highest BCUT2D eigenvalue weighted by molar-refractivity contribution is 7.92. The Bertz CT molecular complexity index is 1040. The minimum atomic E-state index is -3.60.